The van der Waals surface area contributed by atoms with Crippen molar-refractivity contribution in [1.82, 2.24) is 4.98 Å². The molecule has 0 aliphatic carbocycles. The molecule has 0 radical (unpaired) electrons. The molecule has 1 amide bonds. The molecule has 0 spiro atoms. The molecule has 0 unspecified atom stereocenters. The number of aromatic nitrogens is 1. The zero-order valence-corrected chi connectivity index (χ0v) is 13.1. The van der Waals surface area contributed by atoms with Crippen molar-refractivity contribution in [3.8, 4) is 0 Å². The van der Waals surface area contributed by atoms with Crippen molar-refractivity contribution < 1.29 is 9.18 Å². The first-order valence-electron chi connectivity index (χ1n) is 6.57. The molecule has 0 saturated heterocycles. The standard InChI is InChI=1S/C15H15BrFN3O/c1-2-8-18-14-11(4-3-5-12(14)17)15(21)20-13-7-6-10(16)9-19-13/h3-7,9,18H,2,8H2,1H3,(H,19,20,21). The Balaban J connectivity index is 2.22. The molecular formula is C15H15BrFN3O. The van der Waals surface area contributed by atoms with Gasteiger partial charge in [0.1, 0.15) is 11.6 Å². The molecule has 1 aromatic heterocycles. The number of hydrogen-bond acceptors (Lipinski definition) is 3. The van der Waals surface area contributed by atoms with Crippen LogP contribution in [0.2, 0.25) is 0 Å². The van der Waals surface area contributed by atoms with Gasteiger partial charge in [0.05, 0.1) is 11.3 Å². The van der Waals surface area contributed by atoms with E-state index in [0.29, 0.717) is 12.4 Å². The summed E-state index contributed by atoms with van der Waals surface area (Å²) in [7, 11) is 0. The molecule has 2 N–H and O–H groups in total. The highest BCUT2D eigenvalue weighted by atomic mass is 79.9. The van der Waals surface area contributed by atoms with Gasteiger partial charge < -0.3 is 10.6 Å². The van der Waals surface area contributed by atoms with Crippen LogP contribution in [0.4, 0.5) is 15.9 Å². The Kier molecular flexibility index (Phi) is 5.27. The molecule has 0 saturated carbocycles. The number of amides is 1. The van der Waals surface area contributed by atoms with E-state index < -0.39 is 11.7 Å². The molecule has 2 aromatic rings. The predicted molar refractivity (Wildman–Crippen MR) is 85.1 cm³/mol. The van der Waals surface area contributed by atoms with Gasteiger partial charge >= 0.3 is 0 Å². The minimum Gasteiger partial charge on any atom is -0.382 e. The van der Waals surface area contributed by atoms with E-state index in [1.165, 1.54) is 12.1 Å². The van der Waals surface area contributed by atoms with Gasteiger partial charge in [-0.2, -0.15) is 0 Å². The fourth-order valence-corrected chi connectivity index (χ4v) is 2.01. The molecule has 0 atom stereocenters. The summed E-state index contributed by atoms with van der Waals surface area (Å²) in [6.45, 7) is 2.57. The van der Waals surface area contributed by atoms with Crippen LogP contribution in [0.15, 0.2) is 41.0 Å². The number of halogens is 2. The van der Waals surface area contributed by atoms with Gasteiger partial charge in [0, 0.05) is 17.2 Å². The van der Waals surface area contributed by atoms with Crippen molar-refractivity contribution in [2.24, 2.45) is 0 Å². The number of carbonyl (C=O) groups is 1. The van der Waals surface area contributed by atoms with E-state index in [2.05, 4.69) is 31.5 Å². The number of carbonyl (C=O) groups excluding carboxylic acids is 1. The molecular weight excluding hydrogens is 337 g/mol. The van der Waals surface area contributed by atoms with Gasteiger partial charge in [-0.3, -0.25) is 4.79 Å². The lowest BCUT2D eigenvalue weighted by atomic mass is 10.1. The summed E-state index contributed by atoms with van der Waals surface area (Å²) in [6.07, 6.45) is 2.42. The summed E-state index contributed by atoms with van der Waals surface area (Å²) in [5.41, 5.74) is 0.474. The third-order valence-electron chi connectivity index (χ3n) is 2.78. The van der Waals surface area contributed by atoms with E-state index in [-0.39, 0.29) is 11.3 Å². The third kappa shape index (κ3) is 4.01. The molecule has 6 heteroatoms. The summed E-state index contributed by atoms with van der Waals surface area (Å²) in [4.78, 5) is 16.3. The van der Waals surface area contributed by atoms with E-state index in [1.807, 2.05) is 6.92 Å². The van der Waals surface area contributed by atoms with Gasteiger partial charge in [-0.1, -0.05) is 13.0 Å². The van der Waals surface area contributed by atoms with Gasteiger partial charge in [0.25, 0.3) is 5.91 Å². The summed E-state index contributed by atoms with van der Waals surface area (Å²) >= 11 is 3.27. The Hall–Kier alpha value is -1.95. The molecule has 110 valence electrons. The Morgan fingerprint density at radius 2 is 2.14 bits per heavy atom. The number of nitrogens with one attached hydrogen (secondary N) is 2. The van der Waals surface area contributed by atoms with Crippen LogP contribution < -0.4 is 10.6 Å². The van der Waals surface area contributed by atoms with Gasteiger partial charge in [-0.25, -0.2) is 9.37 Å². The maximum absolute atomic E-state index is 13.9. The fourth-order valence-electron chi connectivity index (χ4n) is 1.78. The maximum atomic E-state index is 13.9. The normalized spacial score (nSPS) is 10.2. The third-order valence-corrected chi connectivity index (χ3v) is 3.25. The van der Waals surface area contributed by atoms with Crippen LogP contribution >= 0.6 is 15.9 Å². The lowest BCUT2D eigenvalue weighted by Crippen LogP contribution is -2.16. The second-order valence-corrected chi connectivity index (χ2v) is 5.32. The molecule has 21 heavy (non-hydrogen) atoms. The highest BCUT2D eigenvalue weighted by Crippen LogP contribution is 2.21. The maximum Gasteiger partial charge on any atom is 0.259 e. The number of benzene rings is 1. The zero-order valence-electron chi connectivity index (χ0n) is 11.5. The number of para-hydroxylation sites is 1. The Labute approximate surface area is 130 Å². The van der Waals surface area contributed by atoms with Crippen LogP contribution in [0.5, 0.6) is 0 Å². The van der Waals surface area contributed by atoms with Crippen molar-refractivity contribution in [2.75, 3.05) is 17.2 Å². The minimum atomic E-state index is -0.445. The van der Waals surface area contributed by atoms with Crippen molar-refractivity contribution in [3.63, 3.8) is 0 Å². The molecule has 4 nitrogen and oxygen atoms in total. The monoisotopic (exact) mass is 351 g/mol. The quantitative estimate of drug-likeness (QED) is 0.853. The Bertz CT molecular complexity index is 631. The van der Waals surface area contributed by atoms with Crippen molar-refractivity contribution in [3.05, 3.63) is 52.4 Å². The SMILES string of the molecule is CCCNc1c(F)cccc1C(=O)Nc1ccc(Br)cn1. The molecule has 1 heterocycles. The number of rotatable bonds is 5. The molecule has 1 aromatic carbocycles. The Morgan fingerprint density at radius 3 is 2.81 bits per heavy atom. The van der Waals surface area contributed by atoms with Crippen LogP contribution in [0, 0.1) is 5.82 Å². The highest BCUT2D eigenvalue weighted by Gasteiger charge is 2.15. The Morgan fingerprint density at radius 1 is 1.33 bits per heavy atom. The number of nitrogens with zero attached hydrogens (tertiary/aromatic N) is 1. The van der Waals surface area contributed by atoms with Crippen LogP contribution in [0.3, 0.4) is 0 Å². The highest BCUT2D eigenvalue weighted by molar-refractivity contribution is 9.10. The van der Waals surface area contributed by atoms with Crippen molar-refractivity contribution in [2.45, 2.75) is 13.3 Å². The number of pyridine rings is 1. The lowest BCUT2D eigenvalue weighted by molar-refractivity contribution is 0.102. The summed E-state index contributed by atoms with van der Waals surface area (Å²) in [6, 6.07) is 7.85. The molecule has 0 aliphatic heterocycles. The van der Waals surface area contributed by atoms with Crippen LogP contribution in [-0.4, -0.2) is 17.4 Å². The van der Waals surface area contributed by atoms with Gasteiger partial charge in [-0.15, -0.1) is 0 Å². The number of hydrogen-bond donors (Lipinski definition) is 2. The zero-order chi connectivity index (χ0) is 15.2. The molecule has 0 fully saturated rings. The fraction of sp³-hybridized carbons (Fsp3) is 0.200. The molecule has 0 aliphatic rings. The van der Waals surface area contributed by atoms with Gasteiger partial charge in [0.15, 0.2) is 0 Å². The van der Waals surface area contributed by atoms with Crippen LogP contribution in [0.25, 0.3) is 0 Å². The smallest absolute Gasteiger partial charge is 0.259 e. The average Bonchev–Trinajstić information content (AvgIpc) is 2.48. The lowest BCUT2D eigenvalue weighted by Gasteiger charge is -2.12. The largest absolute Gasteiger partial charge is 0.382 e. The molecule has 2 rings (SSSR count). The predicted octanol–water partition coefficient (Wildman–Crippen LogP) is 4.06. The van der Waals surface area contributed by atoms with E-state index in [0.717, 1.165) is 10.9 Å². The number of anilines is 2. The summed E-state index contributed by atoms with van der Waals surface area (Å²) in [5.74, 6) is -0.434. The first-order valence-corrected chi connectivity index (χ1v) is 7.36. The average molecular weight is 352 g/mol. The first-order chi connectivity index (χ1) is 10.1. The van der Waals surface area contributed by atoms with E-state index in [1.54, 1.807) is 24.4 Å². The minimum absolute atomic E-state index is 0.217. The van der Waals surface area contributed by atoms with Crippen molar-refractivity contribution in [1.29, 1.82) is 0 Å². The van der Waals surface area contributed by atoms with Crippen LogP contribution in [-0.2, 0) is 0 Å². The van der Waals surface area contributed by atoms with Gasteiger partial charge in [0.2, 0.25) is 0 Å². The van der Waals surface area contributed by atoms with Crippen LogP contribution in [0.1, 0.15) is 23.7 Å². The van der Waals surface area contributed by atoms with E-state index in [9.17, 15) is 9.18 Å². The van der Waals surface area contributed by atoms with Crippen molar-refractivity contribution >= 4 is 33.3 Å². The first kappa shape index (κ1) is 15.4. The second-order valence-electron chi connectivity index (χ2n) is 4.40. The molecule has 0 bridgehead atoms. The summed E-state index contributed by atoms with van der Waals surface area (Å²) < 4.78 is 14.7. The summed E-state index contributed by atoms with van der Waals surface area (Å²) in [5, 5.41) is 5.60. The van der Waals surface area contributed by atoms with E-state index >= 15 is 0 Å². The topological polar surface area (TPSA) is 54.0 Å². The second kappa shape index (κ2) is 7.17. The van der Waals surface area contributed by atoms with Gasteiger partial charge in [-0.05, 0) is 46.6 Å². The van der Waals surface area contributed by atoms with E-state index in [4.69, 9.17) is 0 Å².